The first kappa shape index (κ1) is 27.4. The molecule has 0 radical (unpaired) electrons. The van der Waals surface area contributed by atoms with Gasteiger partial charge in [0.05, 0.1) is 26.5 Å². The standard InChI is InChI=1S/C27H31F2N3O6S2/c1-38-22-6-3-18(13-23(22)40(36,37)31-16-27(28,29)17-31)24(33)32-15-26(11-9-25(7-8-25)10-12-26)20-14-19(4-5-21(20)32)30-39(2,34)35/h3-6,13-14,30H,7-12,15-17H2,1-2H3. The van der Waals surface area contributed by atoms with E-state index < -0.39 is 45.0 Å². The fourth-order valence-electron chi connectivity index (χ4n) is 6.44. The Kier molecular flexibility index (Phi) is 6.07. The zero-order valence-electron chi connectivity index (χ0n) is 22.2. The second-order valence-corrected chi connectivity index (χ2v) is 15.4. The zero-order chi connectivity index (χ0) is 28.7. The van der Waals surface area contributed by atoms with Crippen LogP contribution in [0.15, 0.2) is 41.3 Å². The summed E-state index contributed by atoms with van der Waals surface area (Å²) >= 11 is 0. The number of sulfonamides is 2. The van der Waals surface area contributed by atoms with Crippen LogP contribution in [0.5, 0.6) is 5.75 Å². The minimum absolute atomic E-state index is 0.0384. The molecule has 2 heterocycles. The molecule has 2 aromatic rings. The fourth-order valence-corrected chi connectivity index (χ4v) is 8.67. The molecule has 2 spiro atoms. The lowest BCUT2D eigenvalue weighted by Crippen LogP contribution is -2.58. The molecule has 0 aromatic heterocycles. The average Bonchev–Trinajstić information content (AvgIpc) is 3.57. The second-order valence-electron chi connectivity index (χ2n) is 11.8. The Morgan fingerprint density at radius 3 is 2.15 bits per heavy atom. The lowest BCUT2D eigenvalue weighted by atomic mass is 9.66. The molecule has 1 saturated heterocycles. The van der Waals surface area contributed by atoms with E-state index >= 15 is 0 Å². The third kappa shape index (κ3) is 4.65. The normalized spacial score (nSPS) is 22.6. The summed E-state index contributed by atoms with van der Waals surface area (Å²) in [5.74, 6) is -3.56. The van der Waals surface area contributed by atoms with Crippen molar-refractivity contribution < 1.29 is 35.1 Å². The van der Waals surface area contributed by atoms with E-state index in [0.29, 0.717) is 27.6 Å². The van der Waals surface area contributed by atoms with Crippen molar-refractivity contribution in [3.63, 3.8) is 0 Å². The monoisotopic (exact) mass is 595 g/mol. The van der Waals surface area contributed by atoms with Gasteiger partial charge >= 0.3 is 0 Å². The molecule has 2 aliphatic carbocycles. The number of nitrogens with one attached hydrogen (secondary N) is 1. The van der Waals surface area contributed by atoms with Gasteiger partial charge in [-0.1, -0.05) is 0 Å². The number of methoxy groups -OCH3 is 1. The summed E-state index contributed by atoms with van der Waals surface area (Å²) in [6.45, 7) is -1.47. The van der Waals surface area contributed by atoms with Crippen LogP contribution in [0.25, 0.3) is 0 Å². The van der Waals surface area contributed by atoms with Crippen molar-refractivity contribution in [3.8, 4) is 5.75 Å². The van der Waals surface area contributed by atoms with E-state index in [9.17, 15) is 30.4 Å². The summed E-state index contributed by atoms with van der Waals surface area (Å²) in [7, 11) is -6.55. The molecule has 9 nitrogen and oxygen atoms in total. The van der Waals surface area contributed by atoms with Gasteiger partial charge in [-0.3, -0.25) is 9.52 Å². The molecule has 3 fully saturated rings. The van der Waals surface area contributed by atoms with Gasteiger partial charge in [0, 0.05) is 28.9 Å². The highest BCUT2D eigenvalue weighted by molar-refractivity contribution is 7.92. The summed E-state index contributed by atoms with van der Waals surface area (Å²) in [4.78, 5) is 15.3. The van der Waals surface area contributed by atoms with Gasteiger partial charge in [-0.15, -0.1) is 0 Å². The second kappa shape index (κ2) is 8.86. The maximum atomic E-state index is 14.0. The van der Waals surface area contributed by atoms with Crippen LogP contribution in [-0.4, -0.2) is 66.0 Å². The van der Waals surface area contributed by atoms with Gasteiger partial charge in [0.2, 0.25) is 20.0 Å². The number of alkyl halides is 2. The molecule has 1 N–H and O–H groups in total. The van der Waals surface area contributed by atoms with E-state index in [0.717, 1.165) is 37.5 Å². The van der Waals surface area contributed by atoms with Gasteiger partial charge < -0.3 is 9.64 Å². The number of benzene rings is 2. The molecule has 2 aliphatic heterocycles. The van der Waals surface area contributed by atoms with Crippen molar-refractivity contribution in [2.75, 3.05) is 42.6 Å². The molecule has 6 rings (SSSR count). The highest BCUT2D eigenvalue weighted by Crippen LogP contribution is 2.62. The Morgan fingerprint density at radius 2 is 1.57 bits per heavy atom. The third-order valence-corrected chi connectivity index (χ3v) is 11.4. The fraction of sp³-hybridized carbons (Fsp3) is 0.519. The number of carbonyl (C=O) groups excluding carboxylic acids is 1. The molecule has 216 valence electrons. The lowest BCUT2D eigenvalue weighted by molar-refractivity contribution is -0.0945. The first-order chi connectivity index (χ1) is 18.7. The number of halogens is 2. The van der Waals surface area contributed by atoms with Crippen LogP contribution < -0.4 is 14.4 Å². The topological polar surface area (TPSA) is 113 Å². The van der Waals surface area contributed by atoms with Crippen molar-refractivity contribution in [2.24, 2.45) is 5.41 Å². The Balaban J connectivity index is 1.36. The Hall–Kier alpha value is -2.77. The first-order valence-corrected chi connectivity index (χ1v) is 16.5. The van der Waals surface area contributed by atoms with E-state index in [2.05, 4.69) is 4.72 Å². The predicted octanol–water partition coefficient (Wildman–Crippen LogP) is 3.96. The number of amides is 1. The number of ether oxygens (including phenoxy) is 1. The van der Waals surface area contributed by atoms with Gasteiger partial charge in [0.15, 0.2) is 0 Å². The Bertz CT molecular complexity index is 1600. The average molecular weight is 596 g/mol. The maximum absolute atomic E-state index is 14.0. The van der Waals surface area contributed by atoms with Crippen molar-refractivity contribution in [2.45, 2.75) is 54.8 Å². The van der Waals surface area contributed by atoms with Crippen molar-refractivity contribution >= 4 is 37.3 Å². The van der Waals surface area contributed by atoms with Gasteiger partial charge in [0.1, 0.15) is 10.6 Å². The molecule has 2 aromatic carbocycles. The van der Waals surface area contributed by atoms with Crippen LogP contribution in [-0.2, 0) is 25.5 Å². The summed E-state index contributed by atoms with van der Waals surface area (Å²) in [5, 5.41) is 0. The molecule has 0 unspecified atom stereocenters. The summed E-state index contributed by atoms with van der Waals surface area (Å²) < 4.78 is 85.5. The lowest BCUT2D eigenvalue weighted by Gasteiger charge is -2.38. The number of anilines is 2. The Labute approximate surface area is 232 Å². The van der Waals surface area contributed by atoms with Gasteiger partial charge in [-0.05, 0) is 85.9 Å². The molecule has 0 bridgehead atoms. The molecular formula is C27H31F2N3O6S2. The zero-order valence-corrected chi connectivity index (χ0v) is 23.9. The molecule has 40 heavy (non-hydrogen) atoms. The van der Waals surface area contributed by atoms with Crippen LogP contribution in [0.2, 0.25) is 0 Å². The predicted molar refractivity (Wildman–Crippen MR) is 145 cm³/mol. The summed E-state index contributed by atoms with van der Waals surface area (Å²) in [6, 6.07) is 9.16. The molecule has 0 atom stereocenters. The summed E-state index contributed by atoms with van der Waals surface area (Å²) in [6.07, 6.45) is 7.28. The van der Waals surface area contributed by atoms with E-state index in [-0.39, 0.29) is 21.6 Å². The first-order valence-electron chi connectivity index (χ1n) is 13.2. The largest absolute Gasteiger partial charge is 0.495 e. The number of carbonyl (C=O) groups is 1. The van der Waals surface area contributed by atoms with Gasteiger partial charge in [0.25, 0.3) is 11.8 Å². The number of nitrogens with zero attached hydrogens (tertiary/aromatic N) is 2. The number of hydrogen-bond acceptors (Lipinski definition) is 6. The van der Waals surface area contributed by atoms with Gasteiger partial charge in [-0.2, -0.15) is 4.31 Å². The number of fused-ring (bicyclic) bond motifs is 2. The number of hydrogen-bond donors (Lipinski definition) is 1. The van der Waals surface area contributed by atoms with Crippen LogP contribution in [0.4, 0.5) is 20.2 Å². The van der Waals surface area contributed by atoms with Crippen molar-refractivity contribution in [3.05, 3.63) is 47.5 Å². The molecule has 2 saturated carbocycles. The quantitative estimate of drug-likeness (QED) is 0.541. The molecule has 13 heteroatoms. The maximum Gasteiger partial charge on any atom is 0.275 e. The van der Waals surface area contributed by atoms with Gasteiger partial charge in [-0.25, -0.2) is 25.6 Å². The van der Waals surface area contributed by atoms with Crippen molar-refractivity contribution in [1.82, 2.24) is 4.31 Å². The highest BCUT2D eigenvalue weighted by atomic mass is 32.2. The van der Waals surface area contributed by atoms with Crippen LogP contribution in [0.1, 0.15) is 54.4 Å². The van der Waals surface area contributed by atoms with Crippen LogP contribution in [0.3, 0.4) is 0 Å². The third-order valence-electron chi connectivity index (χ3n) is 8.94. The van der Waals surface area contributed by atoms with E-state index in [1.807, 2.05) is 6.07 Å². The smallest absolute Gasteiger partial charge is 0.275 e. The molecular weight excluding hydrogens is 564 g/mol. The van der Waals surface area contributed by atoms with E-state index in [4.69, 9.17) is 4.74 Å². The SMILES string of the molecule is COc1ccc(C(=O)N2CC3(CCC4(CC4)CC3)c3cc(NS(C)(=O)=O)ccc32)cc1S(=O)(=O)N1CC(F)(F)C1. The van der Waals surface area contributed by atoms with Crippen LogP contribution in [0, 0.1) is 5.41 Å². The molecule has 4 aliphatic rings. The van der Waals surface area contributed by atoms with Crippen LogP contribution >= 0.6 is 0 Å². The molecule has 1 amide bonds. The minimum atomic E-state index is -4.32. The van der Waals surface area contributed by atoms with Crippen molar-refractivity contribution in [1.29, 1.82) is 0 Å². The minimum Gasteiger partial charge on any atom is -0.495 e. The summed E-state index contributed by atoms with van der Waals surface area (Å²) in [5.41, 5.74) is 2.10. The number of rotatable bonds is 6. The Morgan fingerprint density at radius 1 is 0.925 bits per heavy atom. The van der Waals surface area contributed by atoms with E-state index in [1.165, 1.54) is 38.2 Å². The van der Waals surface area contributed by atoms with E-state index in [1.54, 1.807) is 17.0 Å². The highest BCUT2D eigenvalue weighted by Gasteiger charge is 2.54.